The summed E-state index contributed by atoms with van der Waals surface area (Å²) in [7, 11) is 0. The summed E-state index contributed by atoms with van der Waals surface area (Å²) in [6.45, 7) is 6.11. The van der Waals surface area contributed by atoms with Gasteiger partial charge in [0.2, 0.25) is 6.29 Å². The van der Waals surface area contributed by atoms with Gasteiger partial charge >= 0.3 is 11.9 Å². The Morgan fingerprint density at radius 2 is 1.60 bits per heavy atom. The Hall–Kier alpha value is -5.67. The Morgan fingerprint density at radius 1 is 0.914 bits per heavy atom. The van der Waals surface area contributed by atoms with Gasteiger partial charge in [-0.15, -0.1) is 6.58 Å². The second kappa shape index (κ2) is 15.9. The highest BCUT2D eigenvalue weighted by atomic mass is 16.7. The van der Waals surface area contributed by atoms with Gasteiger partial charge in [0.25, 0.3) is 0 Å². The minimum Gasteiger partial charge on any atom is -0.508 e. The molecule has 6 N–H and O–H groups in total. The maximum Gasteiger partial charge on any atom is 0.340 e. The van der Waals surface area contributed by atoms with Crippen LogP contribution in [0.2, 0.25) is 0 Å². The standard InChI is InChI=1S/C26H22O10.C19H22N2O/c27-15-9-5-13(6-10-15)26(18-4-2-1-3-17(18)24(33)36-26)14-7-11-16(12-8-14)34-25-21(30)19(28)20(29)22(35-25)23(31)32;1-2-13-12-21-10-8-14(13)11-18(21)19(22)16-7-9-20-17-6-4-3-5-15(16)17/h1-12,19-22,25,27-30H,(H,31,32);2-7,9,13-14,18-19,22H,1,8,10-12H2/t19-,20-,21+,22-,25+,26?;13-,14-,18-,19+/m00/s1. The van der Waals surface area contributed by atoms with Crippen molar-refractivity contribution in [2.75, 3.05) is 13.1 Å². The van der Waals surface area contributed by atoms with Gasteiger partial charge in [0.15, 0.2) is 11.7 Å². The third kappa shape index (κ3) is 6.99. The summed E-state index contributed by atoms with van der Waals surface area (Å²) in [4.78, 5) is 31.0. The molecule has 5 aliphatic heterocycles. The number of carboxylic acids is 1. The largest absolute Gasteiger partial charge is 0.508 e. The molecule has 4 saturated heterocycles. The number of pyridine rings is 1. The number of piperidine rings is 3. The Bertz CT molecular complexity index is 2300. The Morgan fingerprint density at radius 3 is 2.29 bits per heavy atom. The number of carbonyl (C=O) groups excluding carboxylic acids is 1. The van der Waals surface area contributed by atoms with E-state index in [1.807, 2.05) is 30.5 Å². The lowest BCUT2D eigenvalue weighted by molar-refractivity contribution is -0.271. The molecule has 0 aliphatic carbocycles. The molecule has 6 heterocycles. The highest BCUT2D eigenvalue weighted by molar-refractivity contribution is 5.96. The van der Waals surface area contributed by atoms with Crippen molar-refractivity contribution in [1.29, 1.82) is 0 Å². The molecular weight excluding hydrogens is 744 g/mol. The van der Waals surface area contributed by atoms with Crippen LogP contribution in [0.15, 0.2) is 122 Å². The van der Waals surface area contributed by atoms with Gasteiger partial charge < -0.3 is 44.8 Å². The minimum absolute atomic E-state index is 0.0493. The molecule has 0 saturated carbocycles. The Balaban J connectivity index is 0.000000181. The summed E-state index contributed by atoms with van der Waals surface area (Å²) >= 11 is 0. The molecule has 5 aromatic rings. The first-order valence-electron chi connectivity index (χ1n) is 19.2. The van der Waals surface area contributed by atoms with E-state index < -0.39 is 54.3 Å². The van der Waals surface area contributed by atoms with Crippen LogP contribution in [-0.2, 0) is 19.9 Å². The number of hydrogen-bond acceptors (Lipinski definition) is 12. The number of phenols is 1. The summed E-state index contributed by atoms with van der Waals surface area (Å²) < 4.78 is 16.7. The van der Waals surface area contributed by atoms with Crippen LogP contribution in [0.1, 0.15) is 51.6 Å². The first-order chi connectivity index (χ1) is 28.0. The van der Waals surface area contributed by atoms with Crippen molar-refractivity contribution < 1.29 is 54.4 Å². The number of aliphatic hydroxyl groups excluding tert-OH is 4. The van der Waals surface area contributed by atoms with Crippen LogP contribution in [0.5, 0.6) is 11.5 Å². The Labute approximate surface area is 334 Å². The highest BCUT2D eigenvalue weighted by Crippen LogP contribution is 2.48. The van der Waals surface area contributed by atoms with Crippen molar-refractivity contribution in [3.05, 3.63) is 150 Å². The number of rotatable bonds is 8. The molecule has 5 aliphatic rings. The zero-order valence-corrected chi connectivity index (χ0v) is 31.3. The van der Waals surface area contributed by atoms with Crippen LogP contribution in [-0.4, -0.2) is 102 Å². The molecule has 2 unspecified atom stereocenters. The first kappa shape index (κ1) is 39.2. The van der Waals surface area contributed by atoms with Crippen molar-refractivity contribution in [2.24, 2.45) is 11.8 Å². The lowest BCUT2D eigenvalue weighted by Crippen LogP contribution is -2.61. The number of nitrogens with zero attached hydrogens (tertiary/aromatic N) is 2. The molecule has 2 bridgehead atoms. The lowest BCUT2D eigenvalue weighted by atomic mass is 9.73. The van der Waals surface area contributed by atoms with E-state index in [9.17, 15) is 40.2 Å². The smallest absolute Gasteiger partial charge is 0.340 e. The average Bonchev–Trinajstić information content (AvgIpc) is 3.56. The number of cyclic esters (lactones) is 1. The number of carbonyl (C=O) groups is 2. The summed E-state index contributed by atoms with van der Waals surface area (Å²) in [5.41, 5.74) is 2.83. The number of fused-ring (bicyclic) bond motifs is 5. The lowest BCUT2D eigenvalue weighted by Gasteiger charge is -2.50. The summed E-state index contributed by atoms with van der Waals surface area (Å²) in [5.74, 6) is -0.552. The van der Waals surface area contributed by atoms with Crippen molar-refractivity contribution in [3.63, 3.8) is 0 Å². The van der Waals surface area contributed by atoms with Gasteiger partial charge in [-0.1, -0.05) is 66.7 Å². The van der Waals surface area contributed by atoms with Gasteiger partial charge in [-0.3, -0.25) is 9.88 Å². The molecule has 13 nitrogen and oxygen atoms in total. The fourth-order valence-corrected chi connectivity index (χ4v) is 8.85. The van der Waals surface area contributed by atoms with E-state index in [4.69, 9.17) is 14.2 Å². The molecular formula is C45H44N2O11. The number of aromatic hydroxyl groups is 1. The minimum atomic E-state index is -1.83. The quantitative estimate of drug-likeness (QED) is 0.0963. The van der Waals surface area contributed by atoms with E-state index in [2.05, 4.69) is 28.6 Å². The first-order valence-corrected chi connectivity index (χ1v) is 19.2. The van der Waals surface area contributed by atoms with E-state index in [1.165, 1.54) is 30.7 Å². The number of hydrogen-bond donors (Lipinski definition) is 6. The second-order valence-corrected chi connectivity index (χ2v) is 15.1. The molecule has 0 spiro atoms. The van der Waals surface area contributed by atoms with Crippen LogP contribution < -0.4 is 4.74 Å². The molecule has 0 amide bonds. The van der Waals surface area contributed by atoms with Gasteiger partial charge in [-0.25, -0.2) is 9.59 Å². The third-order valence-corrected chi connectivity index (χ3v) is 11.9. The molecule has 13 heteroatoms. The van der Waals surface area contributed by atoms with Crippen molar-refractivity contribution in [3.8, 4) is 11.5 Å². The normalized spacial score (nSPS) is 30.3. The molecule has 4 aromatic carbocycles. The molecule has 10 rings (SSSR count). The van der Waals surface area contributed by atoms with Gasteiger partial charge in [0, 0.05) is 40.9 Å². The van der Waals surface area contributed by atoms with Gasteiger partial charge in [0.05, 0.1) is 17.2 Å². The molecule has 1 aromatic heterocycles. The molecule has 11 atom stereocenters. The van der Waals surface area contributed by atoms with Crippen LogP contribution in [0.3, 0.4) is 0 Å². The topological polar surface area (TPSA) is 199 Å². The number of ether oxygens (including phenoxy) is 3. The van der Waals surface area contributed by atoms with Crippen LogP contribution >= 0.6 is 0 Å². The van der Waals surface area contributed by atoms with Crippen molar-refractivity contribution in [1.82, 2.24) is 9.88 Å². The summed E-state index contributed by atoms with van der Waals surface area (Å²) in [5, 5.41) is 61.2. The monoisotopic (exact) mass is 788 g/mol. The number of aliphatic carboxylic acids is 1. The second-order valence-electron chi connectivity index (χ2n) is 15.1. The van der Waals surface area contributed by atoms with Crippen LogP contribution in [0.25, 0.3) is 10.9 Å². The molecule has 300 valence electrons. The van der Waals surface area contributed by atoms with Gasteiger partial charge in [-0.2, -0.15) is 0 Å². The number of benzene rings is 4. The van der Waals surface area contributed by atoms with Crippen LogP contribution in [0, 0.1) is 11.8 Å². The van der Waals surface area contributed by atoms with Crippen molar-refractivity contribution in [2.45, 2.75) is 61.3 Å². The third-order valence-electron chi connectivity index (χ3n) is 11.9. The summed E-state index contributed by atoms with van der Waals surface area (Å²) in [6.07, 6.45) is -2.93. The summed E-state index contributed by atoms with van der Waals surface area (Å²) in [6, 6.07) is 29.8. The van der Waals surface area contributed by atoms with Crippen molar-refractivity contribution >= 4 is 22.8 Å². The maximum atomic E-state index is 12.8. The number of aliphatic hydroxyl groups is 4. The van der Waals surface area contributed by atoms with E-state index in [0.29, 0.717) is 34.1 Å². The molecule has 4 fully saturated rings. The van der Waals surface area contributed by atoms with E-state index in [1.54, 1.807) is 48.5 Å². The number of para-hydroxylation sites is 1. The number of carboxylic acid groups (broad SMARTS) is 1. The predicted molar refractivity (Wildman–Crippen MR) is 210 cm³/mol. The zero-order chi connectivity index (χ0) is 40.7. The van der Waals surface area contributed by atoms with Gasteiger partial charge in [0.1, 0.15) is 29.8 Å². The van der Waals surface area contributed by atoms with E-state index >= 15 is 0 Å². The average molecular weight is 789 g/mol. The molecule has 58 heavy (non-hydrogen) atoms. The fraction of sp³-hybridized carbons (Fsp3) is 0.311. The Kier molecular flexibility index (Phi) is 10.8. The van der Waals surface area contributed by atoms with E-state index in [-0.39, 0.29) is 17.5 Å². The van der Waals surface area contributed by atoms with E-state index in [0.717, 1.165) is 36.0 Å². The number of phenolic OH excluding ortho intramolecular Hbond substituents is 1. The SMILES string of the molecule is C=C[C@H]1CN2CC[C@H]1C[C@H]2[C@H](O)c1ccnc2ccccc12.O=C1OC(c2ccc(O)cc2)(c2ccc(O[C@@H]3O[C@H](C(=O)O)[C@@H](O)[C@H](O)[C@H]3O)cc2)c2ccccc21. The fourth-order valence-electron chi connectivity index (χ4n) is 8.85. The number of aromatic nitrogens is 1. The maximum absolute atomic E-state index is 12.8. The van der Waals surface area contributed by atoms with Crippen LogP contribution in [0.4, 0.5) is 0 Å². The number of esters is 1. The molecule has 0 radical (unpaired) electrons. The highest BCUT2D eigenvalue weighted by Gasteiger charge is 2.50. The predicted octanol–water partition coefficient (Wildman–Crippen LogP) is 4.29. The zero-order valence-electron chi connectivity index (χ0n) is 31.3. The van der Waals surface area contributed by atoms with Gasteiger partial charge in [-0.05, 0) is 79.3 Å².